The molecule has 6 nitrogen and oxygen atoms in total. The molecule has 30 heavy (non-hydrogen) atoms. The number of aromatic nitrogens is 5. The number of hydrogen-bond donors (Lipinski definition) is 1. The van der Waals surface area contributed by atoms with Gasteiger partial charge in [0, 0.05) is 30.7 Å². The fraction of sp³-hybridized carbons (Fsp3) is 0.542. The molecule has 5 rings (SSSR count). The summed E-state index contributed by atoms with van der Waals surface area (Å²) in [6, 6.07) is 11.8. The number of imidazole rings is 1. The number of anilines is 1. The second-order valence-electron chi connectivity index (χ2n) is 8.94. The third-order valence-corrected chi connectivity index (χ3v) is 6.75. The fourth-order valence-corrected chi connectivity index (χ4v) is 5.12. The first-order valence-electron chi connectivity index (χ1n) is 11.5. The summed E-state index contributed by atoms with van der Waals surface area (Å²) in [5, 5.41) is 8.55. The van der Waals surface area contributed by atoms with Crippen LogP contribution in [0.4, 0.5) is 5.95 Å². The Hall–Kier alpha value is -2.63. The summed E-state index contributed by atoms with van der Waals surface area (Å²) in [4.78, 5) is 9.41. The van der Waals surface area contributed by atoms with Crippen LogP contribution < -0.4 is 5.32 Å². The van der Waals surface area contributed by atoms with E-state index in [1.54, 1.807) is 0 Å². The molecule has 1 aliphatic carbocycles. The molecule has 0 saturated heterocycles. The van der Waals surface area contributed by atoms with Crippen molar-refractivity contribution in [3.8, 4) is 0 Å². The zero-order valence-electron chi connectivity index (χ0n) is 17.9. The maximum Gasteiger partial charge on any atom is 0.242 e. The molecule has 2 aromatic heterocycles. The van der Waals surface area contributed by atoms with Crippen LogP contribution in [0.2, 0.25) is 0 Å². The van der Waals surface area contributed by atoms with Crippen molar-refractivity contribution in [2.45, 2.75) is 82.8 Å². The lowest BCUT2D eigenvalue weighted by Gasteiger charge is -2.17. The molecule has 1 N–H and O–H groups in total. The number of nitrogens with zero attached hydrogens (tertiary/aromatic N) is 5. The second-order valence-corrected chi connectivity index (χ2v) is 8.94. The van der Waals surface area contributed by atoms with E-state index in [9.17, 15) is 0 Å². The van der Waals surface area contributed by atoms with Gasteiger partial charge in [0.2, 0.25) is 5.95 Å². The minimum absolute atomic E-state index is 0.347. The molecule has 3 unspecified atom stereocenters. The number of benzene rings is 1. The standard InChI is InChI=1S/C24H32N6/c1-18-16-29(17-25-18)21-11-7-10-20(13-14-21)26-24-27-23-22(19-8-3-2-4-9-19)12-5-6-15-30(23)28-24/h2-4,8-9,16-17,20-22H,5-7,10-15H2,1H3,(H,26,28). The van der Waals surface area contributed by atoms with E-state index >= 15 is 0 Å². The van der Waals surface area contributed by atoms with Crippen LogP contribution in [0.5, 0.6) is 0 Å². The first-order chi connectivity index (χ1) is 14.8. The minimum atomic E-state index is 0.347. The minimum Gasteiger partial charge on any atom is -0.350 e. The average molecular weight is 405 g/mol. The Morgan fingerprint density at radius 2 is 1.87 bits per heavy atom. The van der Waals surface area contributed by atoms with Crippen molar-refractivity contribution >= 4 is 5.95 Å². The van der Waals surface area contributed by atoms with Crippen LogP contribution in [0, 0.1) is 6.92 Å². The van der Waals surface area contributed by atoms with E-state index in [2.05, 4.69) is 63.0 Å². The van der Waals surface area contributed by atoms with Gasteiger partial charge in [-0.3, -0.25) is 0 Å². The zero-order chi connectivity index (χ0) is 20.3. The van der Waals surface area contributed by atoms with Gasteiger partial charge in [-0.05, 0) is 57.4 Å². The van der Waals surface area contributed by atoms with Crippen molar-refractivity contribution in [1.29, 1.82) is 0 Å². The maximum atomic E-state index is 5.00. The predicted molar refractivity (Wildman–Crippen MR) is 119 cm³/mol. The van der Waals surface area contributed by atoms with E-state index in [0.29, 0.717) is 18.0 Å². The van der Waals surface area contributed by atoms with Crippen molar-refractivity contribution in [3.63, 3.8) is 0 Å². The monoisotopic (exact) mass is 404 g/mol. The largest absolute Gasteiger partial charge is 0.350 e. The highest BCUT2D eigenvalue weighted by atomic mass is 15.4. The Balaban J connectivity index is 1.29. The highest BCUT2D eigenvalue weighted by Crippen LogP contribution is 2.33. The summed E-state index contributed by atoms with van der Waals surface area (Å²) in [7, 11) is 0. The van der Waals surface area contributed by atoms with Crippen molar-refractivity contribution in [2.24, 2.45) is 0 Å². The average Bonchev–Trinajstić information content (AvgIpc) is 3.22. The van der Waals surface area contributed by atoms with Crippen molar-refractivity contribution < 1.29 is 0 Å². The highest BCUT2D eigenvalue weighted by molar-refractivity contribution is 5.31. The van der Waals surface area contributed by atoms with E-state index in [4.69, 9.17) is 10.1 Å². The quantitative estimate of drug-likeness (QED) is 0.616. The Morgan fingerprint density at radius 3 is 2.70 bits per heavy atom. The third-order valence-electron chi connectivity index (χ3n) is 6.75. The van der Waals surface area contributed by atoms with Gasteiger partial charge in [-0.1, -0.05) is 36.8 Å². The third kappa shape index (κ3) is 4.13. The summed E-state index contributed by atoms with van der Waals surface area (Å²) >= 11 is 0. The maximum absolute atomic E-state index is 5.00. The van der Waals surface area contributed by atoms with E-state index < -0.39 is 0 Å². The van der Waals surface area contributed by atoms with Gasteiger partial charge >= 0.3 is 0 Å². The lowest BCUT2D eigenvalue weighted by atomic mass is 9.94. The van der Waals surface area contributed by atoms with E-state index in [1.165, 1.54) is 44.1 Å². The van der Waals surface area contributed by atoms with Crippen LogP contribution in [0.3, 0.4) is 0 Å². The molecule has 2 aliphatic rings. The molecule has 0 amide bonds. The molecular weight excluding hydrogens is 372 g/mol. The molecule has 1 fully saturated rings. The van der Waals surface area contributed by atoms with Crippen LogP contribution in [0.25, 0.3) is 0 Å². The second kappa shape index (κ2) is 8.62. The van der Waals surface area contributed by atoms with E-state index in [1.807, 2.05) is 6.33 Å². The fourth-order valence-electron chi connectivity index (χ4n) is 5.12. The van der Waals surface area contributed by atoms with Gasteiger partial charge < -0.3 is 9.88 Å². The summed E-state index contributed by atoms with van der Waals surface area (Å²) in [5.41, 5.74) is 2.46. The molecule has 0 radical (unpaired) electrons. The van der Waals surface area contributed by atoms with Gasteiger partial charge in [0.05, 0.1) is 12.0 Å². The molecule has 3 heterocycles. The Kier molecular flexibility index (Phi) is 5.56. The smallest absolute Gasteiger partial charge is 0.242 e. The molecule has 1 aromatic carbocycles. The van der Waals surface area contributed by atoms with Gasteiger partial charge in [-0.2, -0.15) is 4.98 Å². The molecule has 1 saturated carbocycles. The predicted octanol–water partition coefficient (Wildman–Crippen LogP) is 5.08. The number of rotatable bonds is 4. The van der Waals surface area contributed by atoms with Gasteiger partial charge in [0.25, 0.3) is 0 Å². The Morgan fingerprint density at radius 1 is 0.967 bits per heavy atom. The SMILES string of the molecule is Cc1cn(C2CCCC(Nc3nc4n(n3)CCCCC4c3ccccc3)CC2)cn1. The van der Waals surface area contributed by atoms with Crippen LogP contribution >= 0.6 is 0 Å². The Bertz CT molecular complexity index is 959. The van der Waals surface area contributed by atoms with Gasteiger partial charge in [-0.15, -0.1) is 5.10 Å². The number of nitrogens with one attached hydrogen (secondary N) is 1. The van der Waals surface area contributed by atoms with Crippen molar-refractivity contribution in [3.05, 3.63) is 59.9 Å². The zero-order valence-corrected chi connectivity index (χ0v) is 17.9. The van der Waals surface area contributed by atoms with E-state index in [0.717, 1.165) is 36.9 Å². The van der Waals surface area contributed by atoms with Crippen LogP contribution in [-0.2, 0) is 6.54 Å². The first-order valence-corrected chi connectivity index (χ1v) is 11.5. The number of hydrogen-bond acceptors (Lipinski definition) is 4. The highest BCUT2D eigenvalue weighted by Gasteiger charge is 2.26. The van der Waals surface area contributed by atoms with Gasteiger partial charge in [0.1, 0.15) is 5.82 Å². The van der Waals surface area contributed by atoms with Crippen LogP contribution in [-0.4, -0.2) is 30.4 Å². The summed E-state index contributed by atoms with van der Waals surface area (Å²) < 4.78 is 4.46. The lowest BCUT2D eigenvalue weighted by molar-refractivity contribution is 0.441. The first kappa shape index (κ1) is 19.3. The topological polar surface area (TPSA) is 60.6 Å². The molecule has 3 atom stereocenters. The van der Waals surface area contributed by atoms with Crippen molar-refractivity contribution in [1.82, 2.24) is 24.3 Å². The molecule has 6 heteroatoms. The van der Waals surface area contributed by atoms with Gasteiger partial charge in [-0.25, -0.2) is 9.67 Å². The lowest BCUT2D eigenvalue weighted by Crippen LogP contribution is -2.19. The molecule has 1 aliphatic heterocycles. The Labute approximate surface area is 178 Å². The summed E-state index contributed by atoms with van der Waals surface area (Å²) in [6.45, 7) is 3.04. The van der Waals surface area contributed by atoms with Crippen LogP contribution in [0.1, 0.15) is 80.4 Å². The molecule has 0 bridgehead atoms. The molecule has 0 spiro atoms. The summed E-state index contributed by atoms with van der Waals surface area (Å²) in [5.74, 6) is 2.29. The van der Waals surface area contributed by atoms with Crippen LogP contribution in [0.15, 0.2) is 42.9 Å². The molecule has 158 valence electrons. The summed E-state index contributed by atoms with van der Waals surface area (Å²) in [6.07, 6.45) is 13.7. The molecule has 3 aromatic rings. The number of fused-ring (bicyclic) bond motifs is 1. The molecular formula is C24H32N6. The number of aryl methyl sites for hydroxylation is 2. The van der Waals surface area contributed by atoms with E-state index in [-0.39, 0.29) is 0 Å². The van der Waals surface area contributed by atoms with Crippen molar-refractivity contribution in [2.75, 3.05) is 5.32 Å². The van der Waals surface area contributed by atoms with Gasteiger partial charge in [0.15, 0.2) is 0 Å². The normalized spacial score (nSPS) is 24.6.